The topological polar surface area (TPSA) is 61.3 Å². The highest BCUT2D eigenvalue weighted by atomic mass is 16.4. The summed E-state index contributed by atoms with van der Waals surface area (Å²) in [5.41, 5.74) is 5.14. The maximum absolute atomic E-state index is 9.29. The van der Waals surface area contributed by atoms with E-state index in [4.69, 9.17) is 0 Å². The lowest BCUT2D eigenvalue weighted by molar-refractivity contribution is 0.317. The van der Waals surface area contributed by atoms with E-state index < -0.39 is 0 Å². The van der Waals surface area contributed by atoms with E-state index in [9.17, 15) is 5.21 Å². The molecule has 0 aliphatic heterocycles. The molecule has 0 spiro atoms. The largest absolute Gasteiger partial charge is 0.411 e. The molecule has 0 saturated carbocycles. The van der Waals surface area contributed by atoms with Crippen LogP contribution >= 0.6 is 0 Å². The Bertz CT molecular complexity index is 601. The normalized spacial score (nSPS) is 20.5. The number of aryl methyl sites for hydroxylation is 1. The fourth-order valence-electron chi connectivity index (χ4n) is 2.87. The van der Waals surface area contributed by atoms with Crippen molar-refractivity contribution in [1.82, 2.24) is 10.2 Å². The average Bonchev–Trinajstić information content (AvgIpc) is 2.90. The van der Waals surface area contributed by atoms with E-state index in [0.29, 0.717) is 5.92 Å². The predicted octanol–water partition coefficient (Wildman–Crippen LogP) is 2.88. The van der Waals surface area contributed by atoms with E-state index in [2.05, 4.69) is 34.4 Å². The SMILES string of the molecule is CCc1n[nH]c2c1/C(=N/O)CC(c1ccccc1)C2. The molecule has 2 aromatic rings. The number of aromatic nitrogens is 2. The van der Waals surface area contributed by atoms with Gasteiger partial charge in [0.1, 0.15) is 0 Å². The summed E-state index contributed by atoms with van der Waals surface area (Å²) < 4.78 is 0. The van der Waals surface area contributed by atoms with Crippen LogP contribution in [0.15, 0.2) is 35.5 Å². The lowest BCUT2D eigenvalue weighted by Gasteiger charge is -2.23. The zero-order valence-electron chi connectivity index (χ0n) is 10.9. The maximum Gasteiger partial charge on any atom is 0.0911 e. The molecule has 0 saturated heterocycles. The van der Waals surface area contributed by atoms with Crippen LogP contribution in [-0.2, 0) is 12.8 Å². The second-order valence-corrected chi connectivity index (χ2v) is 4.94. The number of H-pyrrole nitrogens is 1. The number of aromatic amines is 1. The number of benzene rings is 1. The van der Waals surface area contributed by atoms with Gasteiger partial charge in [0.15, 0.2) is 0 Å². The first kappa shape index (κ1) is 12.0. The molecular weight excluding hydrogens is 238 g/mol. The van der Waals surface area contributed by atoms with Crippen LogP contribution in [0.4, 0.5) is 0 Å². The summed E-state index contributed by atoms with van der Waals surface area (Å²) in [6, 6.07) is 10.4. The van der Waals surface area contributed by atoms with E-state index in [0.717, 1.165) is 41.9 Å². The van der Waals surface area contributed by atoms with Gasteiger partial charge in [-0.1, -0.05) is 42.4 Å². The van der Waals surface area contributed by atoms with Crippen molar-refractivity contribution in [2.24, 2.45) is 5.16 Å². The Morgan fingerprint density at radius 3 is 2.79 bits per heavy atom. The van der Waals surface area contributed by atoms with E-state index in [1.165, 1.54) is 5.56 Å². The number of hydrogen-bond acceptors (Lipinski definition) is 3. The molecule has 0 fully saturated rings. The predicted molar refractivity (Wildman–Crippen MR) is 73.8 cm³/mol. The highest BCUT2D eigenvalue weighted by Crippen LogP contribution is 2.33. The van der Waals surface area contributed by atoms with Gasteiger partial charge in [-0.05, 0) is 24.3 Å². The molecule has 1 unspecified atom stereocenters. The van der Waals surface area contributed by atoms with Crippen LogP contribution in [-0.4, -0.2) is 21.1 Å². The Hall–Kier alpha value is -2.10. The fourth-order valence-corrected chi connectivity index (χ4v) is 2.87. The van der Waals surface area contributed by atoms with Gasteiger partial charge in [-0.3, -0.25) is 5.10 Å². The fraction of sp³-hybridized carbons (Fsp3) is 0.333. The van der Waals surface area contributed by atoms with Crippen molar-refractivity contribution in [3.63, 3.8) is 0 Å². The minimum Gasteiger partial charge on any atom is -0.411 e. The van der Waals surface area contributed by atoms with E-state index in [-0.39, 0.29) is 0 Å². The van der Waals surface area contributed by atoms with Crippen LogP contribution in [0.5, 0.6) is 0 Å². The number of nitrogens with zero attached hydrogens (tertiary/aromatic N) is 2. The summed E-state index contributed by atoms with van der Waals surface area (Å²) in [5, 5.41) is 20.2. The van der Waals surface area contributed by atoms with E-state index in [1.807, 2.05) is 18.2 Å². The molecule has 1 atom stereocenters. The molecule has 4 nitrogen and oxygen atoms in total. The number of rotatable bonds is 2. The average molecular weight is 255 g/mol. The highest BCUT2D eigenvalue weighted by Gasteiger charge is 2.29. The minimum absolute atomic E-state index is 0.352. The van der Waals surface area contributed by atoms with Crippen molar-refractivity contribution in [3.05, 3.63) is 52.8 Å². The lowest BCUT2D eigenvalue weighted by Crippen LogP contribution is -2.20. The third kappa shape index (κ3) is 2.03. The monoisotopic (exact) mass is 255 g/mol. The van der Waals surface area contributed by atoms with Crippen LogP contribution in [0.25, 0.3) is 0 Å². The van der Waals surface area contributed by atoms with Gasteiger partial charge >= 0.3 is 0 Å². The van der Waals surface area contributed by atoms with Gasteiger partial charge in [0.2, 0.25) is 0 Å². The number of nitrogens with one attached hydrogen (secondary N) is 1. The second kappa shape index (κ2) is 4.88. The van der Waals surface area contributed by atoms with Crippen LogP contribution in [0.2, 0.25) is 0 Å². The Labute approximate surface area is 112 Å². The molecule has 19 heavy (non-hydrogen) atoms. The summed E-state index contributed by atoms with van der Waals surface area (Å²) >= 11 is 0. The molecule has 0 bridgehead atoms. The van der Waals surface area contributed by atoms with Crippen LogP contribution in [0, 0.1) is 0 Å². The zero-order valence-corrected chi connectivity index (χ0v) is 10.9. The van der Waals surface area contributed by atoms with Crippen LogP contribution in [0.1, 0.15) is 41.8 Å². The standard InChI is InChI=1S/C15H17N3O/c1-2-12-15-13(17-16-12)8-11(9-14(15)18-19)10-6-4-3-5-7-10/h3-7,11,19H,2,8-9H2,1H3,(H,16,17)/b18-14+. The lowest BCUT2D eigenvalue weighted by atomic mass is 9.81. The van der Waals surface area contributed by atoms with Crippen LogP contribution in [0.3, 0.4) is 0 Å². The summed E-state index contributed by atoms with van der Waals surface area (Å²) in [5.74, 6) is 0.352. The Kier molecular flexibility index (Phi) is 3.07. The quantitative estimate of drug-likeness (QED) is 0.640. The van der Waals surface area contributed by atoms with Gasteiger partial charge in [0, 0.05) is 17.7 Å². The summed E-state index contributed by atoms with van der Waals surface area (Å²) in [6.45, 7) is 2.06. The molecule has 4 heteroatoms. The first-order chi connectivity index (χ1) is 9.33. The van der Waals surface area contributed by atoms with E-state index >= 15 is 0 Å². The zero-order chi connectivity index (χ0) is 13.2. The minimum atomic E-state index is 0.352. The van der Waals surface area contributed by atoms with Gasteiger partial charge < -0.3 is 5.21 Å². The van der Waals surface area contributed by atoms with Crippen molar-refractivity contribution >= 4 is 5.71 Å². The molecule has 1 aromatic carbocycles. The molecular formula is C15H17N3O. The number of fused-ring (bicyclic) bond motifs is 1. The first-order valence-electron chi connectivity index (χ1n) is 6.65. The van der Waals surface area contributed by atoms with Crippen molar-refractivity contribution in [2.45, 2.75) is 32.1 Å². The maximum atomic E-state index is 9.29. The number of hydrogen-bond donors (Lipinski definition) is 2. The molecule has 0 amide bonds. The first-order valence-corrected chi connectivity index (χ1v) is 6.65. The van der Waals surface area contributed by atoms with Gasteiger partial charge in [-0.15, -0.1) is 0 Å². The van der Waals surface area contributed by atoms with Crippen molar-refractivity contribution < 1.29 is 5.21 Å². The van der Waals surface area contributed by atoms with Gasteiger partial charge in [0.05, 0.1) is 11.4 Å². The van der Waals surface area contributed by atoms with Gasteiger partial charge in [-0.25, -0.2) is 0 Å². The summed E-state index contributed by atoms with van der Waals surface area (Å²) in [6.07, 6.45) is 2.53. The molecule has 0 radical (unpaired) electrons. The Balaban J connectivity index is 2.00. The smallest absolute Gasteiger partial charge is 0.0911 e. The molecule has 1 aliphatic rings. The molecule has 2 N–H and O–H groups in total. The Morgan fingerprint density at radius 1 is 1.32 bits per heavy atom. The third-order valence-electron chi connectivity index (χ3n) is 3.82. The van der Waals surface area contributed by atoms with Crippen molar-refractivity contribution in [3.8, 4) is 0 Å². The van der Waals surface area contributed by atoms with Crippen molar-refractivity contribution in [1.29, 1.82) is 0 Å². The van der Waals surface area contributed by atoms with Gasteiger partial charge in [0.25, 0.3) is 0 Å². The summed E-state index contributed by atoms with van der Waals surface area (Å²) in [7, 11) is 0. The molecule has 1 aliphatic carbocycles. The van der Waals surface area contributed by atoms with E-state index in [1.54, 1.807) is 0 Å². The van der Waals surface area contributed by atoms with Crippen LogP contribution < -0.4 is 0 Å². The van der Waals surface area contributed by atoms with Crippen molar-refractivity contribution in [2.75, 3.05) is 0 Å². The molecule has 98 valence electrons. The molecule has 1 heterocycles. The second-order valence-electron chi connectivity index (χ2n) is 4.94. The molecule has 1 aromatic heterocycles. The molecule has 3 rings (SSSR count). The highest BCUT2D eigenvalue weighted by molar-refractivity contribution is 6.03. The number of oxime groups is 1. The Morgan fingerprint density at radius 2 is 2.11 bits per heavy atom. The summed E-state index contributed by atoms with van der Waals surface area (Å²) in [4.78, 5) is 0. The van der Waals surface area contributed by atoms with Gasteiger partial charge in [-0.2, -0.15) is 5.10 Å². The third-order valence-corrected chi connectivity index (χ3v) is 3.82.